The second-order valence-corrected chi connectivity index (χ2v) is 6.61. The predicted octanol–water partition coefficient (Wildman–Crippen LogP) is -0.168. The van der Waals surface area contributed by atoms with E-state index in [4.69, 9.17) is 20.9 Å². The van der Waals surface area contributed by atoms with Crippen LogP contribution in [0.25, 0.3) is 0 Å². The predicted molar refractivity (Wildman–Crippen MR) is 96.9 cm³/mol. The lowest BCUT2D eigenvalue weighted by Crippen LogP contribution is -2.42. The summed E-state index contributed by atoms with van der Waals surface area (Å²) in [4.78, 5) is 27.3. The molecule has 9 nitrogen and oxygen atoms in total. The zero-order chi connectivity index (χ0) is 21.2. The Balaban J connectivity index is 1.64. The monoisotopic (exact) mass is 410 g/mol. The lowest BCUT2D eigenvalue weighted by atomic mass is 10.1. The molecule has 0 spiro atoms. The van der Waals surface area contributed by atoms with Gasteiger partial charge in [0.05, 0.1) is 0 Å². The van der Waals surface area contributed by atoms with E-state index in [0.29, 0.717) is 4.57 Å². The Morgan fingerprint density at radius 1 is 1.34 bits per heavy atom. The number of aliphatic hydroxyl groups excluding tert-OH is 1. The molecule has 4 atom stereocenters. The van der Waals surface area contributed by atoms with Crippen molar-refractivity contribution in [1.29, 1.82) is 0 Å². The highest BCUT2D eigenvalue weighted by molar-refractivity contribution is 5.75. The first-order valence-electron chi connectivity index (χ1n) is 8.72. The smallest absolute Gasteiger partial charge is 0.351 e. The number of carbonyl (C=O) groups excluding carboxylic acids is 1. The van der Waals surface area contributed by atoms with Crippen LogP contribution in [-0.2, 0) is 20.7 Å². The van der Waals surface area contributed by atoms with E-state index in [9.17, 15) is 23.5 Å². The molecule has 1 saturated heterocycles. The maximum absolute atomic E-state index is 14.4. The van der Waals surface area contributed by atoms with Crippen molar-refractivity contribution in [1.82, 2.24) is 9.55 Å². The minimum absolute atomic E-state index is 0.147. The molecule has 2 heterocycles. The molecular weight excluding hydrogens is 390 g/mol. The SMILES string of the molecule is Nc1ccn([C@@H]2OC(COC(=O)[C@@H](N)Cc3ccccc3)[C@@H](O)C2(F)F)c(=O)n1. The fourth-order valence-electron chi connectivity index (χ4n) is 2.93. The summed E-state index contributed by atoms with van der Waals surface area (Å²) in [7, 11) is 0. The van der Waals surface area contributed by atoms with Gasteiger partial charge in [-0.25, -0.2) is 4.79 Å². The fraction of sp³-hybridized carbons (Fsp3) is 0.389. The Morgan fingerprint density at radius 2 is 2.03 bits per heavy atom. The summed E-state index contributed by atoms with van der Waals surface area (Å²) >= 11 is 0. The minimum Gasteiger partial charge on any atom is -0.462 e. The van der Waals surface area contributed by atoms with Crippen LogP contribution in [0.2, 0.25) is 0 Å². The number of nitrogen functional groups attached to an aromatic ring is 1. The normalized spacial score (nSPS) is 24.2. The number of aromatic nitrogens is 2. The van der Waals surface area contributed by atoms with Gasteiger partial charge in [0, 0.05) is 6.20 Å². The number of anilines is 1. The van der Waals surface area contributed by atoms with Crippen LogP contribution in [0.5, 0.6) is 0 Å². The number of nitrogens with two attached hydrogens (primary N) is 2. The lowest BCUT2D eigenvalue weighted by Gasteiger charge is -2.20. The number of alkyl halides is 2. The van der Waals surface area contributed by atoms with Crippen molar-refractivity contribution in [3.05, 3.63) is 58.6 Å². The van der Waals surface area contributed by atoms with Gasteiger partial charge in [-0.1, -0.05) is 30.3 Å². The molecule has 5 N–H and O–H groups in total. The average molecular weight is 410 g/mol. The third-order valence-electron chi connectivity index (χ3n) is 4.47. The summed E-state index contributed by atoms with van der Waals surface area (Å²) in [5, 5.41) is 9.92. The maximum Gasteiger partial charge on any atom is 0.351 e. The molecule has 3 rings (SSSR count). The Kier molecular flexibility index (Phi) is 5.91. The van der Waals surface area contributed by atoms with Gasteiger partial charge in [-0.3, -0.25) is 9.36 Å². The molecule has 2 aromatic rings. The Morgan fingerprint density at radius 3 is 2.69 bits per heavy atom. The Hall–Kier alpha value is -2.89. The number of ether oxygens (including phenoxy) is 2. The largest absolute Gasteiger partial charge is 0.462 e. The minimum atomic E-state index is -3.83. The van der Waals surface area contributed by atoms with Crippen molar-refractivity contribution < 1.29 is 28.2 Å². The summed E-state index contributed by atoms with van der Waals surface area (Å²) in [5.74, 6) is -4.81. The third kappa shape index (κ3) is 4.42. The van der Waals surface area contributed by atoms with Crippen molar-refractivity contribution in [3.63, 3.8) is 0 Å². The van der Waals surface area contributed by atoms with Crippen LogP contribution in [0.15, 0.2) is 47.4 Å². The molecule has 156 valence electrons. The van der Waals surface area contributed by atoms with Crippen molar-refractivity contribution in [2.24, 2.45) is 5.73 Å². The highest BCUT2D eigenvalue weighted by Gasteiger charge is 2.60. The number of rotatable bonds is 6. The Bertz CT molecular complexity index is 924. The second-order valence-electron chi connectivity index (χ2n) is 6.61. The van der Waals surface area contributed by atoms with E-state index in [1.165, 1.54) is 0 Å². The van der Waals surface area contributed by atoms with Crippen molar-refractivity contribution in [3.8, 4) is 0 Å². The van der Waals surface area contributed by atoms with Crippen molar-refractivity contribution in [2.75, 3.05) is 12.3 Å². The van der Waals surface area contributed by atoms with Gasteiger partial charge in [-0.2, -0.15) is 13.8 Å². The molecule has 0 bridgehead atoms. The number of hydrogen-bond acceptors (Lipinski definition) is 8. The molecular formula is C18H20F2N4O5. The van der Waals surface area contributed by atoms with Gasteiger partial charge >= 0.3 is 17.6 Å². The zero-order valence-corrected chi connectivity index (χ0v) is 15.2. The molecule has 1 aliphatic heterocycles. The van der Waals surface area contributed by atoms with Crippen LogP contribution in [0.1, 0.15) is 11.8 Å². The summed E-state index contributed by atoms with van der Waals surface area (Å²) in [6, 6.07) is 9.06. The fourth-order valence-corrected chi connectivity index (χ4v) is 2.93. The molecule has 1 aromatic heterocycles. The summed E-state index contributed by atoms with van der Waals surface area (Å²) in [6.07, 6.45) is -4.82. The first-order valence-corrected chi connectivity index (χ1v) is 8.72. The van der Waals surface area contributed by atoms with Gasteiger partial charge in [0.25, 0.3) is 0 Å². The molecule has 1 fully saturated rings. The molecule has 29 heavy (non-hydrogen) atoms. The molecule has 0 saturated carbocycles. The average Bonchev–Trinajstić information content (AvgIpc) is 2.90. The number of esters is 1. The number of carbonyl (C=O) groups is 1. The van der Waals surface area contributed by atoms with Crippen LogP contribution in [-0.4, -0.2) is 51.4 Å². The van der Waals surface area contributed by atoms with Gasteiger partial charge < -0.3 is 26.0 Å². The molecule has 11 heteroatoms. The lowest BCUT2D eigenvalue weighted by molar-refractivity contribution is -0.152. The molecule has 0 radical (unpaired) electrons. The quantitative estimate of drug-likeness (QED) is 0.557. The molecule has 1 aliphatic rings. The highest BCUT2D eigenvalue weighted by atomic mass is 19.3. The number of hydrogen-bond donors (Lipinski definition) is 3. The van der Waals surface area contributed by atoms with Crippen LogP contribution < -0.4 is 17.2 Å². The number of nitrogens with zero attached hydrogens (tertiary/aromatic N) is 2. The number of aliphatic hydroxyl groups is 1. The van der Waals surface area contributed by atoms with Crippen LogP contribution in [0.3, 0.4) is 0 Å². The van der Waals surface area contributed by atoms with Gasteiger partial charge in [0.15, 0.2) is 6.10 Å². The van der Waals surface area contributed by atoms with Crippen molar-refractivity contribution in [2.45, 2.75) is 36.8 Å². The number of benzene rings is 1. The highest BCUT2D eigenvalue weighted by Crippen LogP contribution is 2.42. The summed E-state index contributed by atoms with van der Waals surface area (Å²) in [6.45, 7) is -0.661. The van der Waals surface area contributed by atoms with E-state index in [2.05, 4.69) is 4.98 Å². The summed E-state index contributed by atoms with van der Waals surface area (Å²) < 4.78 is 39.4. The van der Waals surface area contributed by atoms with E-state index in [1.807, 2.05) is 6.07 Å². The molecule has 0 aliphatic carbocycles. The van der Waals surface area contributed by atoms with Gasteiger partial charge in [0.1, 0.15) is 24.6 Å². The zero-order valence-electron chi connectivity index (χ0n) is 15.2. The first-order chi connectivity index (χ1) is 13.7. The van der Waals surface area contributed by atoms with E-state index in [0.717, 1.165) is 17.8 Å². The first kappa shape index (κ1) is 20.8. The molecule has 1 unspecified atom stereocenters. The topological polar surface area (TPSA) is 143 Å². The van der Waals surface area contributed by atoms with E-state index in [1.54, 1.807) is 24.3 Å². The van der Waals surface area contributed by atoms with E-state index >= 15 is 0 Å². The van der Waals surface area contributed by atoms with E-state index in [-0.39, 0.29) is 12.2 Å². The van der Waals surface area contributed by atoms with Gasteiger partial charge in [-0.15, -0.1) is 0 Å². The van der Waals surface area contributed by atoms with Crippen LogP contribution >= 0.6 is 0 Å². The van der Waals surface area contributed by atoms with Crippen molar-refractivity contribution >= 4 is 11.8 Å². The standard InChI is InChI=1S/C18H20F2N4O5/c19-18(20)14(25)12(29-16(18)24-7-6-13(22)23-17(24)27)9-28-15(26)11(21)8-10-4-2-1-3-5-10/h1-7,11-12,14,16,25H,8-9,21H2,(H2,22,23,27)/t11-,12?,14+,16+/m0/s1. The molecule has 0 amide bonds. The van der Waals surface area contributed by atoms with E-state index < -0.39 is 48.7 Å². The van der Waals surface area contributed by atoms with Crippen LogP contribution in [0, 0.1) is 0 Å². The van der Waals surface area contributed by atoms with Gasteiger partial charge in [-0.05, 0) is 18.1 Å². The Labute approximate surface area is 163 Å². The third-order valence-corrected chi connectivity index (χ3v) is 4.47. The van der Waals surface area contributed by atoms with Crippen LogP contribution in [0.4, 0.5) is 14.6 Å². The molecule has 1 aromatic carbocycles. The van der Waals surface area contributed by atoms with Gasteiger partial charge in [0.2, 0.25) is 6.23 Å². The summed E-state index contributed by atoms with van der Waals surface area (Å²) in [5.41, 5.74) is 10.9. The number of halogens is 2. The second kappa shape index (κ2) is 8.23. The maximum atomic E-state index is 14.4.